The average molecular weight is 637 g/mol. The summed E-state index contributed by atoms with van der Waals surface area (Å²) in [7, 11) is 0. The van der Waals surface area contributed by atoms with Crippen molar-refractivity contribution in [2.45, 2.75) is 113 Å². The zero-order chi connectivity index (χ0) is 34.4. The highest BCUT2D eigenvalue weighted by Crippen LogP contribution is 2.51. The van der Waals surface area contributed by atoms with Crippen LogP contribution in [-0.4, -0.2) is 78.0 Å². The lowest BCUT2D eigenvalue weighted by atomic mass is 9.60. The smallest absolute Gasteiger partial charge is 0.307 e. The molecule has 0 spiro atoms. The summed E-state index contributed by atoms with van der Waals surface area (Å²) in [5, 5.41) is 11.5. The van der Waals surface area contributed by atoms with E-state index >= 15 is 0 Å². The summed E-state index contributed by atoms with van der Waals surface area (Å²) in [5.41, 5.74) is 0.140. The van der Waals surface area contributed by atoms with Crippen molar-refractivity contribution >= 4 is 35.8 Å². The topological polar surface area (TPSA) is 178 Å². The minimum absolute atomic E-state index is 0.139. The van der Waals surface area contributed by atoms with Crippen LogP contribution in [0, 0.1) is 11.3 Å². The van der Waals surface area contributed by atoms with Crippen LogP contribution in [0.15, 0.2) is 34.1 Å². The maximum Gasteiger partial charge on any atom is 0.307 e. The fraction of sp³-hybridized carbons (Fsp3) is 0.625. The van der Waals surface area contributed by atoms with Gasteiger partial charge in [-0.2, -0.15) is 0 Å². The van der Waals surface area contributed by atoms with E-state index in [1.165, 1.54) is 40.7 Å². The minimum Gasteiger partial charge on any atom is -0.461 e. The van der Waals surface area contributed by atoms with Crippen molar-refractivity contribution in [1.29, 1.82) is 0 Å². The van der Waals surface area contributed by atoms with Gasteiger partial charge in [0.1, 0.15) is 24.9 Å². The third-order valence-electron chi connectivity index (χ3n) is 7.91. The first-order valence-corrected chi connectivity index (χ1v) is 14.6. The summed E-state index contributed by atoms with van der Waals surface area (Å²) in [6.45, 7) is 13.5. The lowest BCUT2D eigenvalue weighted by Gasteiger charge is -2.48. The Morgan fingerprint density at radius 2 is 1.24 bits per heavy atom. The van der Waals surface area contributed by atoms with Crippen molar-refractivity contribution in [3.05, 3.63) is 34.1 Å². The quantitative estimate of drug-likeness (QED) is 0.245. The third kappa shape index (κ3) is 9.74. The van der Waals surface area contributed by atoms with Gasteiger partial charge in [-0.1, -0.05) is 13.8 Å². The van der Waals surface area contributed by atoms with Gasteiger partial charge in [0.05, 0.1) is 6.10 Å². The molecule has 0 aromatic carbocycles. The van der Waals surface area contributed by atoms with Crippen molar-refractivity contribution in [2.75, 3.05) is 6.61 Å². The molecule has 45 heavy (non-hydrogen) atoms. The predicted octanol–water partition coefficient (Wildman–Crippen LogP) is 3.17. The molecule has 2 rings (SSSR count). The number of aliphatic hydroxyl groups is 1. The Bertz CT molecular complexity index is 1300. The number of fused-ring (bicyclic) bond motifs is 2. The largest absolute Gasteiger partial charge is 0.461 e. The molecule has 0 aromatic heterocycles. The van der Waals surface area contributed by atoms with Gasteiger partial charge in [0.15, 0.2) is 11.9 Å². The van der Waals surface area contributed by atoms with E-state index in [0.29, 0.717) is 11.1 Å². The highest BCUT2D eigenvalue weighted by Gasteiger charge is 2.51. The van der Waals surface area contributed by atoms with E-state index in [1.54, 1.807) is 20.8 Å². The van der Waals surface area contributed by atoms with E-state index < -0.39 is 77.7 Å². The van der Waals surface area contributed by atoms with Crippen molar-refractivity contribution in [1.82, 2.24) is 0 Å². The van der Waals surface area contributed by atoms with Gasteiger partial charge in [-0.15, -0.1) is 0 Å². The van der Waals surface area contributed by atoms with Crippen LogP contribution in [0.5, 0.6) is 0 Å². The Morgan fingerprint density at radius 1 is 0.733 bits per heavy atom. The summed E-state index contributed by atoms with van der Waals surface area (Å²) >= 11 is 0. The fourth-order valence-electron chi connectivity index (χ4n) is 6.02. The van der Waals surface area contributed by atoms with E-state index in [2.05, 4.69) is 0 Å². The number of rotatable bonds is 7. The molecule has 6 atom stereocenters. The molecule has 0 fully saturated rings. The first-order valence-electron chi connectivity index (χ1n) is 14.6. The molecule has 0 amide bonds. The Labute approximate surface area is 262 Å². The van der Waals surface area contributed by atoms with Crippen LogP contribution >= 0.6 is 0 Å². The van der Waals surface area contributed by atoms with Crippen molar-refractivity contribution in [2.24, 2.45) is 11.3 Å². The van der Waals surface area contributed by atoms with Crippen LogP contribution in [0.4, 0.5) is 0 Å². The lowest BCUT2D eigenvalue weighted by molar-refractivity contribution is -0.156. The molecule has 0 aromatic rings. The highest BCUT2D eigenvalue weighted by molar-refractivity contribution is 5.71. The van der Waals surface area contributed by atoms with Gasteiger partial charge in [-0.3, -0.25) is 28.8 Å². The molecule has 0 heterocycles. The number of esters is 6. The normalized spacial score (nSPS) is 28.3. The Kier molecular flexibility index (Phi) is 12.7. The fourth-order valence-corrected chi connectivity index (χ4v) is 6.02. The maximum atomic E-state index is 12.6. The van der Waals surface area contributed by atoms with Crippen molar-refractivity contribution in [3.8, 4) is 0 Å². The summed E-state index contributed by atoms with van der Waals surface area (Å²) in [6.07, 6.45) is -4.72. The van der Waals surface area contributed by atoms with Crippen LogP contribution in [0.3, 0.4) is 0 Å². The maximum absolute atomic E-state index is 12.6. The zero-order valence-electron chi connectivity index (χ0n) is 27.5. The van der Waals surface area contributed by atoms with Crippen molar-refractivity contribution in [3.63, 3.8) is 0 Å². The van der Waals surface area contributed by atoms with Gasteiger partial charge in [0.2, 0.25) is 0 Å². The predicted molar refractivity (Wildman–Crippen MR) is 157 cm³/mol. The summed E-state index contributed by atoms with van der Waals surface area (Å²) in [4.78, 5) is 73.8. The van der Waals surface area contributed by atoms with Crippen LogP contribution in [0.25, 0.3) is 0 Å². The van der Waals surface area contributed by atoms with E-state index in [-0.39, 0.29) is 36.4 Å². The lowest BCUT2D eigenvalue weighted by Crippen LogP contribution is -2.49. The molecule has 13 nitrogen and oxygen atoms in total. The molecule has 250 valence electrons. The van der Waals surface area contributed by atoms with E-state index in [4.69, 9.17) is 28.4 Å². The first kappa shape index (κ1) is 37.2. The minimum atomic E-state index is -1.43. The second-order valence-electron chi connectivity index (χ2n) is 11.8. The van der Waals surface area contributed by atoms with Gasteiger partial charge in [-0.25, -0.2) is 0 Å². The summed E-state index contributed by atoms with van der Waals surface area (Å²) in [5.74, 6) is -5.00. The molecule has 13 heteroatoms. The third-order valence-corrected chi connectivity index (χ3v) is 7.91. The second-order valence-corrected chi connectivity index (χ2v) is 11.8. The first-order chi connectivity index (χ1) is 20.8. The standard InChI is InChI=1S/C32H44O13/c1-15-26(41-18(4)34)12-24-28(43-20(6)36)11-23(14-40-17(3)33)25(39)13-27(42-19(5)35)16(2)30(44-21(7)37)31(45-22(8)38)29(15)32(24,9)10/h11,24-28,31,39H,12-14H2,1-10H3/b23-11?,30-16-/t24-,25-,26-,27-,28-,31+/m0/s1. The van der Waals surface area contributed by atoms with Crippen LogP contribution in [-0.2, 0) is 57.2 Å². The van der Waals surface area contributed by atoms with E-state index in [0.717, 1.165) is 13.8 Å². The molecule has 0 aliphatic heterocycles. The highest BCUT2D eigenvalue weighted by atomic mass is 16.6. The molecule has 0 saturated heterocycles. The van der Waals surface area contributed by atoms with Gasteiger partial charge < -0.3 is 33.5 Å². The molecule has 2 aliphatic carbocycles. The van der Waals surface area contributed by atoms with E-state index in [1.807, 2.05) is 0 Å². The van der Waals surface area contributed by atoms with Crippen molar-refractivity contribution < 1.29 is 62.3 Å². The van der Waals surface area contributed by atoms with Gasteiger partial charge >= 0.3 is 35.8 Å². The Morgan fingerprint density at radius 3 is 1.71 bits per heavy atom. The zero-order valence-corrected chi connectivity index (χ0v) is 27.5. The number of hydrogen-bond donors (Lipinski definition) is 1. The number of ether oxygens (including phenoxy) is 6. The molecule has 2 bridgehead atoms. The number of aliphatic hydroxyl groups excluding tert-OH is 1. The Balaban J connectivity index is 3.15. The monoisotopic (exact) mass is 636 g/mol. The van der Waals surface area contributed by atoms with E-state index in [9.17, 15) is 33.9 Å². The molecular formula is C32H44O13. The van der Waals surface area contributed by atoms with Crippen LogP contribution in [0.1, 0.15) is 82.1 Å². The van der Waals surface area contributed by atoms with Crippen LogP contribution in [0.2, 0.25) is 0 Å². The van der Waals surface area contributed by atoms with Gasteiger partial charge in [-0.05, 0) is 48.5 Å². The number of hydrogen-bond acceptors (Lipinski definition) is 13. The SMILES string of the molecule is CC(=O)OCC1=C[C@H](OC(C)=O)[C@@H]2C[C@H](OC(C)=O)C(C)=C([C@@H](OC(C)=O)/C(OC(C)=O)=C(\C)[C@@H](OC(C)=O)C[C@@H]1O)C2(C)C. The second kappa shape index (κ2) is 15.3. The van der Waals surface area contributed by atoms with Gasteiger partial charge in [0, 0.05) is 59.5 Å². The molecule has 0 radical (unpaired) electrons. The number of carbonyl (C=O) groups is 6. The number of carbonyl (C=O) groups excluding carboxylic acids is 6. The molecule has 2 aliphatic rings. The molecule has 1 N–H and O–H groups in total. The van der Waals surface area contributed by atoms with Crippen LogP contribution < -0.4 is 0 Å². The molecule has 0 unspecified atom stereocenters. The Hall–Kier alpha value is -4.00. The molecular weight excluding hydrogens is 592 g/mol. The van der Waals surface area contributed by atoms with Gasteiger partial charge in [0.25, 0.3) is 0 Å². The summed E-state index contributed by atoms with van der Waals surface area (Å²) in [6, 6.07) is 0. The summed E-state index contributed by atoms with van der Waals surface area (Å²) < 4.78 is 33.8. The molecule has 0 saturated carbocycles. The average Bonchev–Trinajstić information content (AvgIpc) is 2.87.